The van der Waals surface area contributed by atoms with Crippen LogP contribution in [0.25, 0.3) is 0 Å². The van der Waals surface area contributed by atoms with Crippen molar-refractivity contribution in [2.45, 2.75) is 82.1 Å². The molecule has 2 aliphatic carbocycles. The number of quaternary nitrogens is 1. The Labute approximate surface area is 198 Å². The minimum absolute atomic E-state index is 0.00976. The molecule has 0 spiro atoms. The number of carbonyl (C=O) groups is 2. The summed E-state index contributed by atoms with van der Waals surface area (Å²) in [5.74, 6) is 1.34. The van der Waals surface area contributed by atoms with Crippen LogP contribution >= 0.6 is 0 Å². The molecular weight excluding hydrogens is 412 g/mol. The van der Waals surface area contributed by atoms with Gasteiger partial charge in [0.25, 0.3) is 5.91 Å². The second-order valence-electron chi connectivity index (χ2n) is 11.4. The minimum Gasteiger partial charge on any atom is -0.458 e. The number of rotatable bonds is 5. The predicted molar refractivity (Wildman–Crippen MR) is 128 cm³/mol. The van der Waals surface area contributed by atoms with Crippen molar-refractivity contribution in [3.8, 4) is 0 Å². The van der Waals surface area contributed by atoms with Gasteiger partial charge in [0.05, 0.1) is 18.5 Å². The molecule has 1 aromatic rings. The van der Waals surface area contributed by atoms with Crippen LogP contribution in [0.1, 0.15) is 76.7 Å². The Morgan fingerprint density at radius 3 is 2.39 bits per heavy atom. The van der Waals surface area contributed by atoms with Crippen LogP contribution in [0.2, 0.25) is 0 Å². The van der Waals surface area contributed by atoms with E-state index in [1.807, 2.05) is 11.0 Å². The third-order valence-corrected chi connectivity index (χ3v) is 9.24. The predicted octanol–water partition coefficient (Wildman–Crippen LogP) is 3.13. The average Bonchev–Trinajstić information content (AvgIpc) is 3.24. The molecule has 2 heterocycles. The minimum atomic E-state index is -0.486. The fraction of sp³-hybridized carbons (Fsp3) is 0.714. The zero-order valence-electron chi connectivity index (χ0n) is 20.3. The number of ether oxygens (including phenoxy) is 1. The summed E-state index contributed by atoms with van der Waals surface area (Å²) in [7, 11) is 0. The molecule has 2 saturated heterocycles. The molecule has 5 nitrogen and oxygen atoms in total. The number of hydrogen-bond donors (Lipinski definition) is 1. The van der Waals surface area contributed by atoms with Gasteiger partial charge in [-0.1, -0.05) is 56.0 Å². The summed E-state index contributed by atoms with van der Waals surface area (Å²) in [6, 6.07) is 10.4. The summed E-state index contributed by atoms with van der Waals surface area (Å²) in [6.45, 7) is 6.74. The van der Waals surface area contributed by atoms with E-state index in [2.05, 4.69) is 31.2 Å². The normalized spacial score (nSPS) is 33.5. The van der Waals surface area contributed by atoms with Crippen molar-refractivity contribution in [3.63, 3.8) is 0 Å². The second kappa shape index (κ2) is 9.40. The lowest BCUT2D eigenvalue weighted by Gasteiger charge is -2.55. The molecule has 3 unspecified atom stereocenters. The summed E-state index contributed by atoms with van der Waals surface area (Å²) >= 11 is 0. The first-order valence-corrected chi connectivity index (χ1v) is 13.4. The van der Waals surface area contributed by atoms with E-state index in [0.29, 0.717) is 24.3 Å². The summed E-state index contributed by atoms with van der Waals surface area (Å²) in [5, 5.41) is 0. The van der Waals surface area contributed by atoms with Crippen molar-refractivity contribution in [2.75, 3.05) is 32.7 Å². The van der Waals surface area contributed by atoms with Gasteiger partial charge in [-0.05, 0) is 44.6 Å². The quantitative estimate of drug-likeness (QED) is 0.551. The third-order valence-electron chi connectivity index (χ3n) is 9.24. The Kier molecular flexibility index (Phi) is 6.52. The van der Waals surface area contributed by atoms with Crippen LogP contribution < -0.4 is 4.90 Å². The summed E-state index contributed by atoms with van der Waals surface area (Å²) < 4.78 is 6.47. The number of carbonyl (C=O) groups excluding carboxylic acids is 2. The van der Waals surface area contributed by atoms with Crippen LogP contribution in [0.3, 0.4) is 0 Å². The van der Waals surface area contributed by atoms with Crippen LogP contribution in [-0.2, 0) is 19.7 Å². The van der Waals surface area contributed by atoms with Gasteiger partial charge in [-0.3, -0.25) is 9.59 Å². The Bertz CT molecular complexity index is 842. The third kappa shape index (κ3) is 4.45. The number of nitrogens with one attached hydrogen (secondary N) is 1. The Hall–Kier alpha value is -1.88. The first-order chi connectivity index (χ1) is 16.0. The maximum atomic E-state index is 13.8. The highest BCUT2D eigenvalue weighted by atomic mass is 16.6. The lowest BCUT2D eigenvalue weighted by Crippen LogP contribution is -3.15. The standard InChI is InChI=1S/C28H40N2O3/c1-27(19-22-20-29(18-13-24(22)27)21-25(31)30-16-9-10-17-30)33-26(32)28(14-7-2-3-8-15-28)23-11-5-4-6-12-23/h4-6,11-12,22,24H,2-3,7-10,13-21H2,1H3/p+1/t22?,24?,27-/m0/s1. The van der Waals surface area contributed by atoms with E-state index >= 15 is 0 Å². The number of esters is 1. The molecule has 1 aromatic carbocycles. The van der Waals surface area contributed by atoms with Crippen LogP contribution in [0.5, 0.6) is 0 Å². The zero-order valence-corrected chi connectivity index (χ0v) is 20.3. The van der Waals surface area contributed by atoms with Crippen molar-refractivity contribution < 1.29 is 19.2 Å². The SMILES string of the molecule is C[C@]1(OC(=O)C2(c3ccccc3)CCCCCC2)CC2C[NH+](CC(=O)N3CCCC3)CCC21. The van der Waals surface area contributed by atoms with E-state index in [4.69, 9.17) is 4.74 Å². The van der Waals surface area contributed by atoms with Crippen LogP contribution in [0.4, 0.5) is 0 Å². The molecule has 2 saturated carbocycles. The highest BCUT2D eigenvalue weighted by Gasteiger charge is 2.58. The number of piperidine rings is 1. The van der Waals surface area contributed by atoms with Crippen molar-refractivity contribution in [1.82, 2.24) is 4.90 Å². The number of amides is 1. The zero-order chi connectivity index (χ0) is 22.9. The Morgan fingerprint density at radius 1 is 1.03 bits per heavy atom. The van der Waals surface area contributed by atoms with E-state index in [1.54, 1.807) is 0 Å². The number of nitrogens with zero attached hydrogens (tertiary/aromatic N) is 1. The molecule has 4 fully saturated rings. The molecule has 5 heteroatoms. The molecule has 0 bridgehead atoms. The summed E-state index contributed by atoms with van der Waals surface area (Å²) in [4.78, 5) is 29.9. The molecule has 180 valence electrons. The maximum Gasteiger partial charge on any atom is 0.317 e. The number of likely N-dealkylation sites (tertiary alicyclic amines) is 2. The smallest absolute Gasteiger partial charge is 0.317 e. The van der Waals surface area contributed by atoms with Gasteiger partial charge < -0.3 is 14.5 Å². The van der Waals surface area contributed by atoms with Crippen LogP contribution in [0.15, 0.2) is 30.3 Å². The fourth-order valence-electron chi connectivity index (χ4n) is 7.32. The van der Waals surface area contributed by atoms with Crippen LogP contribution in [0, 0.1) is 11.8 Å². The Morgan fingerprint density at radius 2 is 1.73 bits per heavy atom. The maximum absolute atomic E-state index is 13.8. The van der Waals surface area contributed by atoms with E-state index < -0.39 is 5.41 Å². The fourth-order valence-corrected chi connectivity index (χ4v) is 7.32. The van der Waals surface area contributed by atoms with Gasteiger partial charge in [0.15, 0.2) is 6.54 Å². The molecule has 0 radical (unpaired) electrons. The molecular formula is C28H41N2O3+. The van der Waals surface area contributed by atoms with Crippen LogP contribution in [-0.4, -0.2) is 55.1 Å². The molecule has 4 atom stereocenters. The molecule has 5 rings (SSSR count). The largest absolute Gasteiger partial charge is 0.458 e. The number of benzene rings is 1. The highest BCUT2D eigenvalue weighted by molar-refractivity contribution is 5.84. The van der Waals surface area contributed by atoms with Gasteiger partial charge in [-0.25, -0.2) is 0 Å². The van der Waals surface area contributed by atoms with Crippen molar-refractivity contribution in [2.24, 2.45) is 11.8 Å². The topological polar surface area (TPSA) is 51.1 Å². The molecule has 33 heavy (non-hydrogen) atoms. The van der Waals surface area contributed by atoms with Crippen molar-refractivity contribution >= 4 is 11.9 Å². The average molecular weight is 454 g/mol. The first kappa shape index (κ1) is 22.9. The van der Waals surface area contributed by atoms with Gasteiger partial charge in [-0.15, -0.1) is 0 Å². The van der Waals surface area contributed by atoms with E-state index in [0.717, 1.165) is 83.1 Å². The van der Waals surface area contributed by atoms with E-state index in [9.17, 15) is 9.59 Å². The van der Waals surface area contributed by atoms with Gasteiger partial charge in [0, 0.05) is 31.3 Å². The van der Waals surface area contributed by atoms with Crippen molar-refractivity contribution in [3.05, 3.63) is 35.9 Å². The molecule has 1 amide bonds. The van der Waals surface area contributed by atoms with Gasteiger partial charge >= 0.3 is 5.97 Å². The molecule has 0 aromatic heterocycles. The van der Waals surface area contributed by atoms with Gasteiger partial charge in [0.2, 0.25) is 0 Å². The molecule has 2 aliphatic heterocycles. The molecule has 1 N–H and O–H groups in total. The lowest BCUT2D eigenvalue weighted by atomic mass is 9.58. The van der Waals surface area contributed by atoms with Gasteiger partial charge in [0.1, 0.15) is 5.60 Å². The number of hydrogen-bond acceptors (Lipinski definition) is 3. The van der Waals surface area contributed by atoms with E-state index in [1.165, 1.54) is 17.7 Å². The number of fused-ring (bicyclic) bond motifs is 1. The summed E-state index contributed by atoms with van der Waals surface area (Å²) in [6.07, 6.45) is 10.7. The highest BCUT2D eigenvalue weighted by Crippen LogP contribution is 2.50. The lowest BCUT2D eigenvalue weighted by molar-refractivity contribution is -0.905. The first-order valence-electron chi connectivity index (χ1n) is 13.4. The van der Waals surface area contributed by atoms with Gasteiger partial charge in [-0.2, -0.15) is 0 Å². The van der Waals surface area contributed by atoms with Crippen molar-refractivity contribution in [1.29, 1.82) is 0 Å². The molecule has 4 aliphatic rings. The van der Waals surface area contributed by atoms with E-state index in [-0.39, 0.29) is 11.6 Å². The second-order valence-corrected chi connectivity index (χ2v) is 11.4. The summed E-state index contributed by atoms with van der Waals surface area (Å²) in [5.41, 5.74) is 0.302. The monoisotopic (exact) mass is 453 g/mol. The Balaban J connectivity index is 1.22.